The molecule has 0 saturated heterocycles. The van der Waals surface area contributed by atoms with Crippen LogP contribution < -0.4 is 10.1 Å². The van der Waals surface area contributed by atoms with Crippen molar-refractivity contribution in [2.75, 3.05) is 5.32 Å². The zero-order chi connectivity index (χ0) is 20.8. The van der Waals surface area contributed by atoms with Gasteiger partial charge in [0.05, 0.1) is 30.0 Å². The Labute approximate surface area is 173 Å². The number of halogens is 1. The molecule has 6 nitrogen and oxygen atoms in total. The monoisotopic (exact) mass is 407 g/mol. The quantitative estimate of drug-likeness (QED) is 0.613. The molecule has 0 aliphatic heterocycles. The van der Waals surface area contributed by atoms with Crippen LogP contribution in [0.4, 0.5) is 5.69 Å². The Hall–Kier alpha value is -3.40. The number of ether oxygens (including phenoxy) is 1. The number of pyridine rings is 1. The summed E-state index contributed by atoms with van der Waals surface area (Å²) in [6.07, 6.45) is 0.437. The number of nitriles is 1. The van der Waals surface area contributed by atoms with Crippen molar-refractivity contribution >= 4 is 23.2 Å². The van der Waals surface area contributed by atoms with Gasteiger partial charge in [0.2, 0.25) is 11.8 Å². The molecule has 29 heavy (non-hydrogen) atoms. The fourth-order valence-corrected chi connectivity index (χ4v) is 2.78. The molecule has 0 bridgehead atoms. The number of carbonyl (C=O) groups is 1. The van der Waals surface area contributed by atoms with Crippen LogP contribution in [0, 0.1) is 18.3 Å². The van der Waals surface area contributed by atoms with Crippen molar-refractivity contribution in [1.29, 1.82) is 5.26 Å². The molecule has 0 spiro atoms. The van der Waals surface area contributed by atoms with Gasteiger partial charge in [0.25, 0.3) is 0 Å². The van der Waals surface area contributed by atoms with Gasteiger partial charge in [-0.05, 0) is 42.3 Å². The van der Waals surface area contributed by atoms with E-state index in [1.165, 1.54) is 6.20 Å². The lowest BCUT2D eigenvalue weighted by atomic mass is 10.1. The molecule has 7 heteroatoms. The van der Waals surface area contributed by atoms with Crippen molar-refractivity contribution in [2.45, 2.75) is 19.4 Å². The van der Waals surface area contributed by atoms with E-state index in [4.69, 9.17) is 21.6 Å². The van der Waals surface area contributed by atoms with Gasteiger partial charge < -0.3 is 15.2 Å². The molecule has 1 amide bonds. The van der Waals surface area contributed by atoms with Crippen molar-refractivity contribution in [3.05, 3.63) is 82.5 Å². The zero-order valence-corrected chi connectivity index (χ0v) is 16.3. The molecule has 0 radical (unpaired) electrons. The molecule has 0 aliphatic rings. The molecule has 1 aromatic heterocycles. The Morgan fingerprint density at radius 1 is 1.28 bits per heavy atom. The highest BCUT2D eigenvalue weighted by Crippen LogP contribution is 2.26. The molecule has 0 saturated carbocycles. The summed E-state index contributed by atoms with van der Waals surface area (Å²) in [5, 5.41) is 22.7. The number of aliphatic hydroxyl groups excluding tert-OH is 1. The average Bonchev–Trinajstić information content (AvgIpc) is 2.71. The number of benzene rings is 2. The predicted molar refractivity (Wildman–Crippen MR) is 110 cm³/mol. The van der Waals surface area contributed by atoms with Crippen molar-refractivity contribution in [1.82, 2.24) is 4.98 Å². The van der Waals surface area contributed by atoms with Gasteiger partial charge in [0, 0.05) is 11.1 Å². The van der Waals surface area contributed by atoms with Gasteiger partial charge in [-0.1, -0.05) is 35.9 Å². The number of hydrogen-bond acceptors (Lipinski definition) is 5. The second kappa shape index (κ2) is 9.20. The summed E-state index contributed by atoms with van der Waals surface area (Å²) >= 11 is 5.83. The number of aryl methyl sites for hydroxylation is 1. The molecule has 146 valence electrons. The minimum atomic E-state index is -0.939. The lowest BCUT2D eigenvalue weighted by Crippen LogP contribution is -2.16. The Bertz CT molecular complexity index is 1060. The summed E-state index contributed by atoms with van der Waals surface area (Å²) in [7, 11) is 0. The number of rotatable bonds is 6. The summed E-state index contributed by atoms with van der Waals surface area (Å²) in [4.78, 5) is 16.5. The molecule has 1 unspecified atom stereocenters. The minimum absolute atomic E-state index is 0.102. The number of para-hydroxylation sites is 1. The van der Waals surface area contributed by atoms with Gasteiger partial charge in [-0.25, -0.2) is 4.98 Å². The van der Waals surface area contributed by atoms with E-state index in [0.717, 1.165) is 5.56 Å². The van der Waals surface area contributed by atoms with Crippen LogP contribution in [-0.4, -0.2) is 16.0 Å². The van der Waals surface area contributed by atoms with Crippen molar-refractivity contribution in [3.63, 3.8) is 0 Å². The highest BCUT2D eigenvalue weighted by molar-refractivity contribution is 6.30. The van der Waals surface area contributed by atoms with Crippen molar-refractivity contribution in [3.8, 4) is 17.7 Å². The van der Waals surface area contributed by atoms with Crippen LogP contribution in [-0.2, 0) is 4.79 Å². The third-order valence-corrected chi connectivity index (χ3v) is 4.47. The van der Waals surface area contributed by atoms with Crippen LogP contribution in [0.5, 0.6) is 11.6 Å². The summed E-state index contributed by atoms with van der Waals surface area (Å²) in [5.41, 5.74) is 2.26. The Morgan fingerprint density at radius 2 is 2.00 bits per heavy atom. The van der Waals surface area contributed by atoms with Crippen LogP contribution in [0.1, 0.15) is 29.2 Å². The minimum Gasteiger partial charge on any atom is -0.438 e. The first-order chi connectivity index (χ1) is 14.0. The van der Waals surface area contributed by atoms with E-state index >= 15 is 0 Å². The molecule has 0 fully saturated rings. The van der Waals surface area contributed by atoms with Gasteiger partial charge in [0.1, 0.15) is 11.8 Å². The molecular formula is C22H18ClN3O3. The van der Waals surface area contributed by atoms with E-state index in [1.807, 2.05) is 0 Å². The molecule has 0 aliphatic carbocycles. The van der Waals surface area contributed by atoms with Crippen molar-refractivity contribution < 1.29 is 14.6 Å². The first-order valence-electron chi connectivity index (χ1n) is 8.83. The lowest BCUT2D eigenvalue weighted by molar-refractivity contribution is -0.118. The van der Waals surface area contributed by atoms with Crippen LogP contribution in [0.15, 0.2) is 60.8 Å². The highest BCUT2D eigenvalue weighted by atomic mass is 35.5. The Morgan fingerprint density at radius 3 is 2.69 bits per heavy atom. The number of aliphatic hydroxyl groups is 1. The van der Waals surface area contributed by atoms with Crippen LogP contribution >= 0.6 is 11.6 Å². The van der Waals surface area contributed by atoms with Crippen molar-refractivity contribution in [2.24, 2.45) is 0 Å². The predicted octanol–water partition coefficient (Wildman–Crippen LogP) is 4.77. The smallest absolute Gasteiger partial charge is 0.227 e. The molecule has 1 atom stereocenters. The maximum Gasteiger partial charge on any atom is 0.227 e. The highest BCUT2D eigenvalue weighted by Gasteiger charge is 2.15. The first-order valence-corrected chi connectivity index (χ1v) is 9.21. The molecule has 2 N–H and O–H groups in total. The summed E-state index contributed by atoms with van der Waals surface area (Å²) < 4.78 is 5.68. The zero-order valence-electron chi connectivity index (χ0n) is 15.6. The number of aromatic nitrogens is 1. The van der Waals surface area contributed by atoms with Gasteiger partial charge in [0.15, 0.2) is 0 Å². The fraction of sp³-hybridized carbons (Fsp3) is 0.136. The number of anilines is 1. The van der Waals surface area contributed by atoms with E-state index in [-0.39, 0.29) is 12.3 Å². The maximum atomic E-state index is 12.3. The summed E-state index contributed by atoms with van der Waals surface area (Å²) in [6, 6.07) is 17.3. The fourth-order valence-electron chi connectivity index (χ4n) is 2.66. The van der Waals surface area contributed by atoms with E-state index < -0.39 is 6.10 Å². The number of amides is 1. The number of nitrogens with zero attached hydrogens (tertiary/aromatic N) is 2. The van der Waals surface area contributed by atoms with Gasteiger partial charge in [-0.2, -0.15) is 5.26 Å². The maximum absolute atomic E-state index is 12.3. The lowest BCUT2D eigenvalue weighted by Gasteiger charge is -2.13. The van der Waals surface area contributed by atoms with Crippen LogP contribution in [0.2, 0.25) is 5.02 Å². The first kappa shape index (κ1) is 20.3. The third-order valence-electron chi connectivity index (χ3n) is 4.22. The number of nitrogens with one attached hydrogen (secondary N) is 1. The number of hydrogen-bond donors (Lipinski definition) is 2. The van der Waals surface area contributed by atoms with E-state index in [0.29, 0.717) is 33.5 Å². The normalized spacial score (nSPS) is 11.4. The SMILES string of the molecule is Cc1cc(Oc2ccccc2C#N)ncc1NC(=O)CC(O)c1ccc(Cl)cc1. The van der Waals surface area contributed by atoms with Crippen LogP contribution in [0.3, 0.4) is 0 Å². The molecule has 3 aromatic rings. The molecule has 2 aromatic carbocycles. The number of carbonyl (C=O) groups excluding carboxylic acids is 1. The Kier molecular flexibility index (Phi) is 6.45. The van der Waals surface area contributed by atoms with Crippen LogP contribution in [0.25, 0.3) is 0 Å². The molecule has 3 rings (SSSR count). The molecular weight excluding hydrogens is 390 g/mol. The van der Waals surface area contributed by atoms with E-state index in [9.17, 15) is 9.90 Å². The largest absolute Gasteiger partial charge is 0.438 e. The summed E-state index contributed by atoms with van der Waals surface area (Å²) in [6.45, 7) is 1.80. The summed E-state index contributed by atoms with van der Waals surface area (Å²) in [5.74, 6) is 0.370. The average molecular weight is 408 g/mol. The Balaban J connectivity index is 1.65. The standard InChI is InChI=1S/C22H18ClN3O3/c1-14-10-22(29-20-5-3-2-4-16(20)12-24)25-13-18(14)26-21(28)11-19(27)15-6-8-17(23)9-7-15/h2-10,13,19,27H,11H2,1H3,(H,26,28). The van der Waals surface area contributed by atoms with Gasteiger partial charge >= 0.3 is 0 Å². The second-order valence-electron chi connectivity index (χ2n) is 6.37. The molecule has 1 heterocycles. The second-order valence-corrected chi connectivity index (χ2v) is 6.80. The topological polar surface area (TPSA) is 95.2 Å². The van der Waals surface area contributed by atoms with Gasteiger partial charge in [-0.3, -0.25) is 4.79 Å². The van der Waals surface area contributed by atoms with Gasteiger partial charge in [-0.15, -0.1) is 0 Å². The van der Waals surface area contributed by atoms with E-state index in [2.05, 4.69) is 16.4 Å². The van der Waals surface area contributed by atoms with E-state index in [1.54, 1.807) is 61.5 Å². The third kappa shape index (κ3) is 5.32.